The number of hydrogen-bond acceptors (Lipinski definition) is 3. The quantitative estimate of drug-likeness (QED) is 0.758. The molecule has 0 aliphatic carbocycles. The number of benzene rings is 1. The van der Waals surface area contributed by atoms with E-state index in [9.17, 15) is 0 Å². The van der Waals surface area contributed by atoms with Crippen LogP contribution < -0.4 is 5.73 Å². The molecule has 0 spiro atoms. The summed E-state index contributed by atoms with van der Waals surface area (Å²) in [5.41, 5.74) is 6.63. The van der Waals surface area contributed by atoms with Crippen molar-refractivity contribution in [1.29, 1.82) is 0 Å². The zero-order valence-corrected chi connectivity index (χ0v) is 8.74. The van der Waals surface area contributed by atoms with Crippen LogP contribution >= 0.6 is 23.4 Å². The van der Waals surface area contributed by atoms with Crippen molar-refractivity contribution < 1.29 is 5.11 Å². The number of rotatable bonds is 4. The minimum atomic E-state index is 0.168. The molecule has 1 aromatic carbocycles. The van der Waals surface area contributed by atoms with Crippen molar-refractivity contribution in [3.63, 3.8) is 0 Å². The summed E-state index contributed by atoms with van der Waals surface area (Å²) < 4.78 is 0. The summed E-state index contributed by atoms with van der Waals surface area (Å²) in [5.74, 6) is 0.674. The van der Waals surface area contributed by atoms with E-state index in [0.29, 0.717) is 17.3 Å². The smallest absolute Gasteiger partial charge is 0.0525 e. The van der Waals surface area contributed by atoms with E-state index in [1.165, 1.54) is 0 Å². The van der Waals surface area contributed by atoms with Crippen LogP contribution in [0.2, 0.25) is 5.02 Å². The molecule has 1 aromatic rings. The second-order valence-electron chi connectivity index (χ2n) is 2.53. The van der Waals surface area contributed by atoms with Crippen LogP contribution in [0.25, 0.3) is 0 Å². The molecule has 2 nitrogen and oxygen atoms in total. The predicted octanol–water partition coefficient (Wildman–Crippen LogP) is 1.88. The Bertz CT molecular complexity index is 280. The van der Waals surface area contributed by atoms with E-state index in [1.54, 1.807) is 11.8 Å². The lowest BCUT2D eigenvalue weighted by atomic mass is 10.2. The van der Waals surface area contributed by atoms with Gasteiger partial charge in [0.05, 0.1) is 6.61 Å². The summed E-state index contributed by atoms with van der Waals surface area (Å²) in [5, 5.41) is 9.38. The fourth-order valence-electron chi connectivity index (χ4n) is 0.987. The first-order valence-electron chi connectivity index (χ1n) is 4.00. The number of hydrogen-bond donors (Lipinski definition) is 2. The molecule has 1 rings (SSSR count). The molecule has 0 radical (unpaired) electrons. The van der Waals surface area contributed by atoms with E-state index in [2.05, 4.69) is 0 Å². The maximum atomic E-state index is 8.68. The number of aliphatic hydroxyl groups excluding tert-OH is 1. The highest BCUT2D eigenvalue weighted by Crippen LogP contribution is 2.25. The molecule has 0 fully saturated rings. The lowest BCUT2D eigenvalue weighted by Crippen LogP contribution is -1.99. The van der Waals surface area contributed by atoms with E-state index in [1.807, 2.05) is 18.2 Å². The molecule has 0 atom stereocenters. The highest BCUT2D eigenvalue weighted by molar-refractivity contribution is 7.99. The zero-order chi connectivity index (χ0) is 9.68. The summed E-state index contributed by atoms with van der Waals surface area (Å²) in [7, 11) is 0. The zero-order valence-electron chi connectivity index (χ0n) is 7.16. The maximum absolute atomic E-state index is 8.68. The molecule has 0 aromatic heterocycles. The monoisotopic (exact) mass is 217 g/mol. The molecule has 0 bridgehead atoms. The second kappa shape index (κ2) is 5.50. The standard InChI is InChI=1S/C9H12ClNOS/c10-8-2-1-7(6-11)9(5-8)13-4-3-12/h1-2,5,12H,3-4,6,11H2. The number of thioether (sulfide) groups is 1. The van der Waals surface area contributed by atoms with Gasteiger partial charge in [0.15, 0.2) is 0 Å². The fourth-order valence-corrected chi connectivity index (χ4v) is 2.08. The van der Waals surface area contributed by atoms with Crippen LogP contribution in [-0.2, 0) is 6.54 Å². The lowest BCUT2D eigenvalue weighted by Gasteiger charge is -2.06. The lowest BCUT2D eigenvalue weighted by molar-refractivity contribution is 0.322. The molecule has 0 unspecified atom stereocenters. The highest BCUT2D eigenvalue weighted by atomic mass is 35.5. The third-order valence-corrected chi connectivity index (χ3v) is 2.91. The third-order valence-electron chi connectivity index (χ3n) is 1.60. The van der Waals surface area contributed by atoms with Crippen LogP contribution in [-0.4, -0.2) is 17.5 Å². The Labute approximate surface area is 87.1 Å². The first-order chi connectivity index (χ1) is 6.27. The van der Waals surface area contributed by atoms with E-state index in [4.69, 9.17) is 22.4 Å². The maximum Gasteiger partial charge on any atom is 0.0525 e. The summed E-state index contributed by atoms with van der Waals surface area (Å²) in [6.07, 6.45) is 0. The van der Waals surface area contributed by atoms with Crippen molar-refractivity contribution in [3.8, 4) is 0 Å². The molecule has 0 heterocycles. The molecule has 0 amide bonds. The minimum Gasteiger partial charge on any atom is -0.396 e. The van der Waals surface area contributed by atoms with Crippen molar-refractivity contribution in [1.82, 2.24) is 0 Å². The summed E-state index contributed by atoms with van der Waals surface area (Å²) in [4.78, 5) is 1.06. The second-order valence-corrected chi connectivity index (χ2v) is 4.10. The molecule has 0 aliphatic heterocycles. The molecule has 3 N–H and O–H groups in total. The summed E-state index contributed by atoms with van der Waals surface area (Å²) in [6, 6.07) is 5.62. The summed E-state index contributed by atoms with van der Waals surface area (Å²) in [6.45, 7) is 0.673. The Morgan fingerprint density at radius 2 is 2.23 bits per heavy atom. The first-order valence-corrected chi connectivity index (χ1v) is 5.36. The van der Waals surface area contributed by atoms with Crippen molar-refractivity contribution in [2.75, 3.05) is 12.4 Å². The summed E-state index contributed by atoms with van der Waals surface area (Å²) >= 11 is 7.41. The number of halogens is 1. The largest absolute Gasteiger partial charge is 0.396 e. The average Bonchev–Trinajstić information content (AvgIpc) is 2.15. The van der Waals surface area contributed by atoms with Gasteiger partial charge < -0.3 is 10.8 Å². The average molecular weight is 218 g/mol. The molecule has 13 heavy (non-hydrogen) atoms. The van der Waals surface area contributed by atoms with Crippen LogP contribution in [0.3, 0.4) is 0 Å². The first kappa shape index (κ1) is 10.9. The fraction of sp³-hybridized carbons (Fsp3) is 0.333. The Morgan fingerprint density at radius 1 is 1.46 bits per heavy atom. The van der Waals surface area contributed by atoms with E-state index < -0.39 is 0 Å². The van der Waals surface area contributed by atoms with E-state index in [0.717, 1.165) is 10.5 Å². The molecule has 4 heteroatoms. The van der Waals surface area contributed by atoms with Gasteiger partial charge in [0.1, 0.15) is 0 Å². The van der Waals surface area contributed by atoms with Crippen LogP contribution in [0.1, 0.15) is 5.56 Å². The van der Waals surface area contributed by atoms with Gasteiger partial charge in [-0.3, -0.25) is 0 Å². The van der Waals surface area contributed by atoms with Gasteiger partial charge in [-0.25, -0.2) is 0 Å². The van der Waals surface area contributed by atoms with E-state index in [-0.39, 0.29) is 6.61 Å². The van der Waals surface area contributed by atoms with E-state index >= 15 is 0 Å². The third kappa shape index (κ3) is 3.19. The van der Waals surface area contributed by atoms with Crippen LogP contribution in [0.15, 0.2) is 23.1 Å². The van der Waals surface area contributed by atoms with Gasteiger partial charge in [-0.1, -0.05) is 17.7 Å². The van der Waals surface area contributed by atoms with Crippen LogP contribution in [0.5, 0.6) is 0 Å². The van der Waals surface area contributed by atoms with Gasteiger partial charge >= 0.3 is 0 Å². The van der Waals surface area contributed by atoms with Gasteiger partial charge in [0.2, 0.25) is 0 Å². The molecular formula is C9H12ClNOS. The van der Waals surface area contributed by atoms with Crippen molar-refractivity contribution in [2.45, 2.75) is 11.4 Å². The van der Waals surface area contributed by atoms with Gasteiger partial charge in [0.25, 0.3) is 0 Å². The SMILES string of the molecule is NCc1ccc(Cl)cc1SCCO. The van der Waals surface area contributed by atoms with Crippen LogP contribution in [0, 0.1) is 0 Å². The molecular weight excluding hydrogens is 206 g/mol. The van der Waals surface area contributed by atoms with Crippen LogP contribution in [0.4, 0.5) is 0 Å². The Morgan fingerprint density at radius 3 is 2.85 bits per heavy atom. The Hall–Kier alpha value is -0.220. The Balaban J connectivity index is 2.81. The van der Waals surface area contributed by atoms with Crippen molar-refractivity contribution >= 4 is 23.4 Å². The molecule has 0 saturated carbocycles. The van der Waals surface area contributed by atoms with Crippen molar-refractivity contribution in [3.05, 3.63) is 28.8 Å². The van der Waals surface area contributed by atoms with Crippen molar-refractivity contribution in [2.24, 2.45) is 5.73 Å². The molecule has 0 saturated heterocycles. The van der Waals surface area contributed by atoms with Gasteiger partial charge in [-0.2, -0.15) is 0 Å². The molecule has 72 valence electrons. The topological polar surface area (TPSA) is 46.2 Å². The normalized spacial score (nSPS) is 10.4. The molecule has 0 aliphatic rings. The van der Waals surface area contributed by atoms with Gasteiger partial charge in [0, 0.05) is 22.2 Å². The van der Waals surface area contributed by atoms with Gasteiger partial charge in [-0.05, 0) is 17.7 Å². The van der Waals surface area contributed by atoms with Gasteiger partial charge in [-0.15, -0.1) is 11.8 Å². The highest BCUT2D eigenvalue weighted by Gasteiger charge is 2.01. The number of aliphatic hydroxyl groups is 1. The Kier molecular flexibility index (Phi) is 4.59. The predicted molar refractivity (Wildman–Crippen MR) is 57.2 cm³/mol. The number of nitrogens with two attached hydrogens (primary N) is 1. The minimum absolute atomic E-state index is 0.168.